The van der Waals surface area contributed by atoms with E-state index in [4.69, 9.17) is 37.4 Å². The zero-order valence-electron chi connectivity index (χ0n) is 35.9. The second kappa shape index (κ2) is 18.9. The van der Waals surface area contributed by atoms with Gasteiger partial charge in [-0.05, 0) is 120 Å². The van der Waals surface area contributed by atoms with Gasteiger partial charge in [-0.15, -0.1) is 0 Å². The Morgan fingerprint density at radius 3 is 2.38 bits per heavy atom. The number of nitrogens with zero attached hydrogens (tertiary/aromatic N) is 3. The fourth-order valence-corrected chi connectivity index (χ4v) is 11.6. The lowest BCUT2D eigenvalue weighted by Crippen LogP contribution is -2.55. The number of benzene rings is 4. The topological polar surface area (TPSA) is 169 Å². The van der Waals surface area contributed by atoms with E-state index in [2.05, 4.69) is 26.5 Å². The molecule has 4 aromatic carbocycles. The second-order valence-corrected chi connectivity index (χ2v) is 20.2. The van der Waals surface area contributed by atoms with Crippen molar-refractivity contribution in [1.82, 2.24) is 19.6 Å². The smallest absolute Gasteiger partial charge is 0.326 e. The Bertz CT molecular complexity index is 2930. The van der Waals surface area contributed by atoms with Crippen molar-refractivity contribution in [2.45, 2.75) is 76.1 Å². The van der Waals surface area contributed by atoms with Crippen molar-refractivity contribution < 1.29 is 37.9 Å². The number of ether oxygens (including phenoxy) is 3. The molecule has 0 saturated heterocycles. The number of pyridine rings is 1. The van der Waals surface area contributed by atoms with Crippen molar-refractivity contribution in [1.29, 1.82) is 0 Å². The fraction of sp³-hybridized carbons (Fsp3) is 0.250. The van der Waals surface area contributed by atoms with E-state index in [-0.39, 0.29) is 41.2 Å². The van der Waals surface area contributed by atoms with Crippen LogP contribution in [0.2, 0.25) is 10.0 Å². The van der Waals surface area contributed by atoms with Crippen LogP contribution in [-0.2, 0) is 50.1 Å². The van der Waals surface area contributed by atoms with Crippen LogP contribution < -0.4 is 24.8 Å². The monoisotopic (exact) mass is 953 g/mol. The van der Waals surface area contributed by atoms with E-state index in [0.29, 0.717) is 45.2 Å². The predicted octanol–water partition coefficient (Wildman–Crippen LogP) is 8.72. The molecule has 0 radical (unpaired) electrons. The number of nitrogens with one attached hydrogen (secondary N) is 2. The van der Waals surface area contributed by atoms with Gasteiger partial charge in [0, 0.05) is 31.8 Å². The molecule has 2 aliphatic rings. The van der Waals surface area contributed by atoms with Crippen LogP contribution in [0.4, 0.5) is 5.13 Å². The third-order valence-electron chi connectivity index (χ3n) is 11.4. The molecule has 0 aliphatic carbocycles. The van der Waals surface area contributed by atoms with E-state index < -0.39 is 39.8 Å². The molecule has 336 valence electrons. The minimum atomic E-state index is -3.47. The molecule has 4 atom stereocenters. The molecule has 1 unspecified atom stereocenters. The highest BCUT2D eigenvalue weighted by molar-refractivity contribution is 8.00. The average Bonchev–Trinajstić information content (AvgIpc) is 3.66. The standard InChI is InChI=1S/C48H45Cl2N5O8S2/c1-26-27(2)51-17-16-37(26)32-9-6-30(7-10-32)19-40(46(58)59)54-45(57)41-20-34-21-42-43(22-35(34)23-55(41)65(5,60)47-28(3)52-48(64-47)53-29(4)56)63-44(25-62-42)33-11-13-36(14-12-33)61-24-31-8-15-38(49)39(50)18-31/h6-18,21-22,40-41,44H,5,19-20,23-25H2,1-4H3,(H,54,57)(H,58,59)(H,52,53,56)/t40-,41-,44+,65?/m0/s1. The molecule has 0 bridgehead atoms. The molecule has 65 heavy (non-hydrogen) atoms. The van der Waals surface area contributed by atoms with Crippen molar-refractivity contribution in [2.24, 2.45) is 0 Å². The number of thiazole rings is 1. The minimum absolute atomic E-state index is 0.00112. The van der Waals surface area contributed by atoms with E-state index in [1.165, 1.54) is 11.2 Å². The molecule has 8 rings (SSSR count). The number of halogens is 2. The lowest BCUT2D eigenvalue weighted by atomic mass is 9.93. The number of carboxylic acid groups (broad SMARTS) is 1. The van der Waals surface area contributed by atoms with Gasteiger partial charge in [0.25, 0.3) is 0 Å². The van der Waals surface area contributed by atoms with Crippen molar-refractivity contribution in [2.75, 3.05) is 11.9 Å². The summed E-state index contributed by atoms with van der Waals surface area (Å²) in [5, 5.41) is 17.0. The Balaban J connectivity index is 1.03. The number of carbonyl (C=O) groups excluding carboxylic acids is 2. The van der Waals surface area contributed by atoms with E-state index >= 15 is 4.21 Å². The van der Waals surface area contributed by atoms with Gasteiger partial charge in [0.1, 0.15) is 35.3 Å². The Hall–Kier alpha value is -5.97. The molecule has 17 heteroatoms. The number of aromatic nitrogens is 2. The lowest BCUT2D eigenvalue weighted by Gasteiger charge is -2.38. The molecule has 13 nitrogen and oxygen atoms in total. The summed E-state index contributed by atoms with van der Waals surface area (Å²) in [6, 6.07) is 23.5. The van der Waals surface area contributed by atoms with Crippen molar-refractivity contribution in [3.05, 3.63) is 146 Å². The fourth-order valence-electron chi connectivity index (χ4n) is 7.87. The third-order valence-corrected chi connectivity index (χ3v) is 16.1. The molecule has 0 fully saturated rings. The second-order valence-electron chi connectivity index (χ2n) is 16.0. The van der Waals surface area contributed by atoms with E-state index in [1.807, 2.05) is 86.6 Å². The van der Waals surface area contributed by atoms with Crippen LogP contribution in [0.3, 0.4) is 0 Å². The summed E-state index contributed by atoms with van der Waals surface area (Å²) in [6.45, 7) is 7.46. The number of hydrogen-bond donors (Lipinski definition) is 3. The quantitative estimate of drug-likeness (QED) is 0.0953. The maximum atomic E-state index is 15.1. The van der Waals surface area contributed by atoms with Crippen LogP contribution >= 0.6 is 34.5 Å². The molecule has 2 amide bonds. The SMILES string of the molecule is C=S(=O)(c1sc(NC(C)=O)nc1C)N1Cc2cc3c(cc2C[C@H]1C(=O)N[C@@H](Cc1ccc(-c2ccnc(C)c2C)cc1)C(=O)O)OC[C@H](c1ccc(OCc2ccc(Cl)c(Cl)c2)cc1)O3. The zero-order valence-corrected chi connectivity index (χ0v) is 39.0. The summed E-state index contributed by atoms with van der Waals surface area (Å²) in [5.74, 6) is 3.55. The number of carboxylic acids is 1. The Morgan fingerprint density at radius 1 is 0.954 bits per heavy atom. The molecular weight excluding hydrogens is 910 g/mol. The number of aliphatic carboxylic acids is 1. The molecule has 0 spiro atoms. The van der Waals surface area contributed by atoms with Crippen molar-refractivity contribution >= 4 is 73.0 Å². The number of amides is 2. The Kier molecular flexibility index (Phi) is 13.2. The maximum Gasteiger partial charge on any atom is 0.326 e. The van der Waals surface area contributed by atoms with Crippen LogP contribution in [-0.4, -0.2) is 65.9 Å². The number of aryl methyl sites for hydroxylation is 2. The Labute approximate surface area is 390 Å². The number of anilines is 1. The molecule has 3 N–H and O–H groups in total. The van der Waals surface area contributed by atoms with Gasteiger partial charge in [-0.25, -0.2) is 18.3 Å². The van der Waals surface area contributed by atoms with Gasteiger partial charge in [0.05, 0.1) is 25.4 Å². The first-order chi connectivity index (χ1) is 31.0. The van der Waals surface area contributed by atoms with Gasteiger partial charge in [0.15, 0.2) is 22.7 Å². The van der Waals surface area contributed by atoms with E-state index in [0.717, 1.165) is 56.0 Å². The maximum absolute atomic E-state index is 15.1. The first-order valence-corrected chi connectivity index (χ1v) is 23.9. The summed E-state index contributed by atoms with van der Waals surface area (Å²) in [4.78, 5) is 47.9. The van der Waals surface area contributed by atoms with Gasteiger partial charge < -0.3 is 30.0 Å². The van der Waals surface area contributed by atoms with Crippen LogP contribution in [0.15, 0.2) is 95.3 Å². The van der Waals surface area contributed by atoms with Crippen LogP contribution in [0.25, 0.3) is 11.1 Å². The highest BCUT2D eigenvalue weighted by Crippen LogP contribution is 2.43. The van der Waals surface area contributed by atoms with Gasteiger partial charge in [-0.3, -0.25) is 14.6 Å². The van der Waals surface area contributed by atoms with Crippen LogP contribution in [0.1, 0.15) is 57.8 Å². The number of fused-ring (bicyclic) bond motifs is 2. The summed E-state index contributed by atoms with van der Waals surface area (Å²) in [5.41, 5.74) is 8.22. The van der Waals surface area contributed by atoms with Gasteiger partial charge in [-0.1, -0.05) is 77.0 Å². The first kappa shape index (κ1) is 45.6. The molecule has 6 aromatic rings. The highest BCUT2D eigenvalue weighted by Gasteiger charge is 2.40. The molecule has 4 heterocycles. The Morgan fingerprint density at radius 2 is 1.68 bits per heavy atom. The lowest BCUT2D eigenvalue weighted by molar-refractivity contribution is -0.142. The molecule has 2 aromatic heterocycles. The molecular formula is C48H45Cl2N5O8S2. The van der Waals surface area contributed by atoms with Crippen LogP contribution in [0.5, 0.6) is 17.2 Å². The largest absolute Gasteiger partial charge is 0.489 e. The van der Waals surface area contributed by atoms with E-state index in [1.54, 1.807) is 25.3 Å². The first-order valence-electron chi connectivity index (χ1n) is 20.6. The molecule has 2 aliphatic heterocycles. The molecule has 0 saturated carbocycles. The number of carbonyl (C=O) groups is 3. The third kappa shape index (κ3) is 9.99. The minimum Gasteiger partial charge on any atom is -0.489 e. The highest BCUT2D eigenvalue weighted by atomic mass is 35.5. The summed E-state index contributed by atoms with van der Waals surface area (Å²) >= 11 is 13.2. The summed E-state index contributed by atoms with van der Waals surface area (Å²) in [6.07, 6.45) is 1.35. The van der Waals surface area contributed by atoms with Gasteiger partial charge >= 0.3 is 5.97 Å². The van der Waals surface area contributed by atoms with Gasteiger partial charge in [0.2, 0.25) is 11.8 Å². The van der Waals surface area contributed by atoms with Crippen LogP contribution in [0, 0.1) is 20.8 Å². The summed E-state index contributed by atoms with van der Waals surface area (Å²) < 4.78 is 35.6. The number of rotatable bonds is 13. The van der Waals surface area contributed by atoms with E-state index in [9.17, 15) is 19.5 Å². The normalized spacial score (nSPS) is 17.0. The zero-order chi connectivity index (χ0) is 46.2. The van der Waals surface area contributed by atoms with Gasteiger partial charge in [-0.2, -0.15) is 0 Å². The van der Waals surface area contributed by atoms with Crippen molar-refractivity contribution in [3.63, 3.8) is 0 Å². The van der Waals surface area contributed by atoms with Crippen molar-refractivity contribution in [3.8, 4) is 28.4 Å². The summed E-state index contributed by atoms with van der Waals surface area (Å²) in [7, 11) is -3.47. The average molecular weight is 955 g/mol. The predicted molar refractivity (Wildman–Crippen MR) is 253 cm³/mol. The number of hydrogen-bond acceptors (Lipinski definition) is 10.